The van der Waals surface area contributed by atoms with E-state index in [1.165, 1.54) is 6.07 Å². The van der Waals surface area contributed by atoms with E-state index in [1.807, 2.05) is 54.6 Å². The van der Waals surface area contributed by atoms with Gasteiger partial charge in [-0.05, 0) is 42.8 Å². The first kappa shape index (κ1) is 25.2. The molecule has 2 aromatic carbocycles. The van der Waals surface area contributed by atoms with Crippen LogP contribution in [0, 0.1) is 5.41 Å². The summed E-state index contributed by atoms with van der Waals surface area (Å²) in [6.45, 7) is 6.61. The van der Waals surface area contributed by atoms with Gasteiger partial charge in [-0.2, -0.15) is 0 Å². The van der Waals surface area contributed by atoms with Crippen molar-refractivity contribution in [2.24, 2.45) is 0 Å². The molecule has 1 aliphatic rings. The molecule has 9 heteroatoms. The number of aromatic nitrogens is 1. The van der Waals surface area contributed by atoms with Gasteiger partial charge in [-0.3, -0.25) is 4.90 Å². The Bertz CT molecular complexity index is 1180. The van der Waals surface area contributed by atoms with Crippen molar-refractivity contribution in [3.63, 3.8) is 0 Å². The van der Waals surface area contributed by atoms with E-state index in [-0.39, 0.29) is 16.8 Å². The summed E-state index contributed by atoms with van der Waals surface area (Å²) < 4.78 is 11.2. The number of para-hydroxylation sites is 1. The number of nitrogens with zero attached hydrogens (tertiary/aromatic N) is 2. The Balaban J connectivity index is 1.45. The van der Waals surface area contributed by atoms with Crippen molar-refractivity contribution in [1.82, 2.24) is 9.88 Å². The first-order valence-electron chi connectivity index (χ1n) is 11.9. The topological polar surface area (TPSA) is 120 Å². The average Bonchev–Trinajstić information content (AvgIpc) is 2.89. The third kappa shape index (κ3) is 6.80. The van der Waals surface area contributed by atoms with E-state index in [2.05, 4.69) is 20.5 Å². The maximum atomic E-state index is 12.0. The van der Waals surface area contributed by atoms with Gasteiger partial charge in [-0.1, -0.05) is 30.3 Å². The predicted octanol–water partition coefficient (Wildman–Crippen LogP) is 4.32. The molecule has 0 atom stereocenters. The van der Waals surface area contributed by atoms with Crippen LogP contribution in [-0.2, 0) is 11.3 Å². The molecule has 0 unspecified atom stereocenters. The summed E-state index contributed by atoms with van der Waals surface area (Å²) in [7, 11) is 0. The number of carboxylic acid groups (broad SMARTS) is 1. The highest BCUT2D eigenvalue weighted by atomic mass is 16.5. The molecular formula is C27H31N5O4. The number of benzene rings is 2. The fourth-order valence-electron chi connectivity index (χ4n) is 3.96. The van der Waals surface area contributed by atoms with Crippen molar-refractivity contribution in [3.8, 4) is 11.5 Å². The lowest BCUT2D eigenvalue weighted by atomic mass is 10.0. The second-order valence-corrected chi connectivity index (χ2v) is 8.50. The number of nitrogens with one attached hydrogen (secondary N) is 3. The van der Waals surface area contributed by atoms with Gasteiger partial charge in [-0.25, -0.2) is 9.78 Å². The third-order valence-corrected chi connectivity index (χ3v) is 5.82. The molecule has 4 N–H and O–H groups in total. The van der Waals surface area contributed by atoms with Gasteiger partial charge >= 0.3 is 5.97 Å². The third-order valence-electron chi connectivity index (χ3n) is 5.82. The number of carboxylic acids is 1. The molecule has 188 valence electrons. The van der Waals surface area contributed by atoms with Crippen molar-refractivity contribution < 1.29 is 19.4 Å². The van der Waals surface area contributed by atoms with Crippen LogP contribution in [0.5, 0.6) is 11.5 Å². The predicted molar refractivity (Wildman–Crippen MR) is 140 cm³/mol. The standard InChI is InChI=1S/C27H31N5O4/c1-19(28)25-23(27(33)34)17-24(29-11-12-32-13-15-35-16-14-32)31-26(25)30-18-20-7-9-22(10-8-20)36-21-5-3-2-4-6-21/h2-10,17,28H,11-16,18H2,1H3,(H,33,34)(H2,29,30,31). The molecule has 1 fully saturated rings. The van der Waals surface area contributed by atoms with Crippen LogP contribution in [0.25, 0.3) is 0 Å². The van der Waals surface area contributed by atoms with Gasteiger partial charge in [0.15, 0.2) is 0 Å². The number of hydrogen-bond donors (Lipinski definition) is 4. The fourth-order valence-corrected chi connectivity index (χ4v) is 3.96. The number of pyridine rings is 1. The number of carbonyl (C=O) groups is 1. The zero-order chi connectivity index (χ0) is 25.3. The Morgan fingerprint density at radius 1 is 1.08 bits per heavy atom. The minimum atomic E-state index is -1.10. The molecule has 9 nitrogen and oxygen atoms in total. The zero-order valence-electron chi connectivity index (χ0n) is 20.3. The van der Waals surface area contributed by atoms with E-state index in [4.69, 9.17) is 14.9 Å². The van der Waals surface area contributed by atoms with E-state index in [0.717, 1.165) is 49.9 Å². The monoisotopic (exact) mass is 489 g/mol. The van der Waals surface area contributed by atoms with Gasteiger partial charge in [0.25, 0.3) is 0 Å². The number of morpholine rings is 1. The van der Waals surface area contributed by atoms with Crippen molar-refractivity contribution in [1.29, 1.82) is 5.41 Å². The summed E-state index contributed by atoms with van der Waals surface area (Å²) in [6.07, 6.45) is 0. The fraction of sp³-hybridized carbons (Fsp3) is 0.296. The largest absolute Gasteiger partial charge is 0.478 e. The zero-order valence-corrected chi connectivity index (χ0v) is 20.3. The maximum Gasteiger partial charge on any atom is 0.336 e. The Morgan fingerprint density at radius 2 is 1.78 bits per heavy atom. The van der Waals surface area contributed by atoms with Crippen molar-refractivity contribution in [3.05, 3.63) is 77.4 Å². The Labute approximate surface area is 210 Å². The minimum absolute atomic E-state index is 0.0421. The molecule has 3 aromatic rings. The molecule has 2 heterocycles. The molecule has 1 saturated heterocycles. The summed E-state index contributed by atoms with van der Waals surface area (Å²) in [4.78, 5) is 18.9. The number of hydrogen-bond acceptors (Lipinski definition) is 8. The molecular weight excluding hydrogens is 458 g/mol. The Kier molecular flexibility index (Phi) is 8.48. The van der Waals surface area contributed by atoms with E-state index in [9.17, 15) is 9.90 Å². The number of anilines is 2. The van der Waals surface area contributed by atoms with E-state index < -0.39 is 5.97 Å². The summed E-state index contributed by atoms with van der Waals surface area (Å²) in [5.74, 6) is 1.21. The van der Waals surface area contributed by atoms with Crippen LogP contribution in [0.1, 0.15) is 28.4 Å². The van der Waals surface area contributed by atoms with Crippen LogP contribution in [-0.4, -0.2) is 66.1 Å². The van der Waals surface area contributed by atoms with Crippen LogP contribution >= 0.6 is 0 Å². The highest BCUT2D eigenvalue weighted by molar-refractivity contribution is 6.09. The number of ether oxygens (including phenoxy) is 2. The lowest BCUT2D eigenvalue weighted by Gasteiger charge is -2.26. The maximum absolute atomic E-state index is 12.0. The van der Waals surface area contributed by atoms with Gasteiger partial charge in [0, 0.05) is 38.4 Å². The second-order valence-electron chi connectivity index (χ2n) is 8.50. The van der Waals surface area contributed by atoms with Crippen LogP contribution < -0.4 is 15.4 Å². The van der Waals surface area contributed by atoms with Crippen molar-refractivity contribution >= 4 is 23.3 Å². The van der Waals surface area contributed by atoms with Gasteiger partial charge in [0.2, 0.25) is 0 Å². The first-order valence-corrected chi connectivity index (χ1v) is 11.9. The lowest BCUT2D eigenvalue weighted by Crippen LogP contribution is -2.39. The van der Waals surface area contributed by atoms with Crippen LogP contribution in [0.4, 0.5) is 11.6 Å². The van der Waals surface area contributed by atoms with E-state index >= 15 is 0 Å². The smallest absolute Gasteiger partial charge is 0.336 e. The SMILES string of the molecule is CC(=N)c1c(C(=O)O)cc(NCCN2CCOCC2)nc1NCc1ccc(Oc2ccccc2)cc1. The highest BCUT2D eigenvalue weighted by Gasteiger charge is 2.20. The van der Waals surface area contributed by atoms with E-state index in [1.54, 1.807) is 6.92 Å². The van der Waals surface area contributed by atoms with Crippen molar-refractivity contribution in [2.75, 3.05) is 50.0 Å². The molecule has 0 radical (unpaired) electrons. The van der Waals surface area contributed by atoms with Crippen LogP contribution in [0.15, 0.2) is 60.7 Å². The van der Waals surface area contributed by atoms with Gasteiger partial charge < -0.3 is 30.6 Å². The first-order chi connectivity index (χ1) is 17.5. The molecule has 0 saturated carbocycles. The van der Waals surface area contributed by atoms with Crippen LogP contribution in [0.2, 0.25) is 0 Å². The number of aromatic carboxylic acids is 1. The van der Waals surface area contributed by atoms with Crippen molar-refractivity contribution in [2.45, 2.75) is 13.5 Å². The molecule has 1 aliphatic heterocycles. The average molecular weight is 490 g/mol. The molecule has 4 rings (SSSR count). The van der Waals surface area contributed by atoms with Gasteiger partial charge in [0.1, 0.15) is 23.1 Å². The number of rotatable bonds is 11. The molecule has 36 heavy (non-hydrogen) atoms. The molecule has 0 amide bonds. The summed E-state index contributed by atoms with van der Waals surface area (Å²) in [6, 6.07) is 18.7. The lowest BCUT2D eigenvalue weighted by molar-refractivity contribution is 0.0398. The quantitative estimate of drug-likeness (QED) is 0.294. The molecule has 0 aliphatic carbocycles. The van der Waals surface area contributed by atoms with E-state index in [0.29, 0.717) is 24.7 Å². The van der Waals surface area contributed by atoms with Gasteiger partial charge in [0.05, 0.1) is 24.3 Å². The molecule has 0 spiro atoms. The Hall–Kier alpha value is -3.95. The van der Waals surface area contributed by atoms with Crippen LogP contribution in [0.3, 0.4) is 0 Å². The normalized spacial score (nSPS) is 13.7. The van der Waals surface area contributed by atoms with Gasteiger partial charge in [-0.15, -0.1) is 0 Å². The Morgan fingerprint density at radius 3 is 2.44 bits per heavy atom. The molecule has 0 bridgehead atoms. The molecule has 1 aromatic heterocycles. The minimum Gasteiger partial charge on any atom is -0.478 e. The summed E-state index contributed by atoms with van der Waals surface area (Å²) in [5, 5.41) is 24.5. The highest BCUT2D eigenvalue weighted by Crippen LogP contribution is 2.25. The second kappa shape index (κ2) is 12.1. The summed E-state index contributed by atoms with van der Waals surface area (Å²) in [5.41, 5.74) is 1.42. The summed E-state index contributed by atoms with van der Waals surface area (Å²) >= 11 is 0.